The van der Waals surface area contributed by atoms with Crippen LogP contribution in [0, 0.1) is 10.7 Å². The van der Waals surface area contributed by atoms with Crippen molar-refractivity contribution in [2.75, 3.05) is 5.32 Å². The fraction of sp³-hybridized carbons (Fsp3) is 0.0588. The number of nitrogens with zero attached hydrogens (tertiary/aromatic N) is 1. The summed E-state index contributed by atoms with van der Waals surface area (Å²) in [6.07, 6.45) is 2.45. The molecule has 0 aliphatic rings. The van der Waals surface area contributed by atoms with Crippen molar-refractivity contribution in [3.63, 3.8) is 0 Å². The Morgan fingerprint density at radius 1 is 1.00 bits per heavy atom. The van der Waals surface area contributed by atoms with Crippen LogP contribution in [0.15, 0.2) is 51.1 Å². The second-order valence-corrected chi connectivity index (χ2v) is 9.25. The maximum Gasteiger partial charge on any atom is 0.295 e. The van der Waals surface area contributed by atoms with Gasteiger partial charge >= 0.3 is 0 Å². The Labute approximate surface area is 171 Å². The lowest BCUT2D eigenvalue weighted by Gasteiger charge is -2.08. The zero-order chi connectivity index (χ0) is 21.8. The van der Waals surface area contributed by atoms with E-state index < -0.39 is 35.9 Å². The number of anilines is 1. The largest absolute Gasteiger partial charge is 0.326 e. The molecule has 0 radical (unpaired) electrons. The number of nitriles is 1. The zero-order valence-corrected chi connectivity index (χ0v) is 17.2. The molecule has 2 rings (SSSR count). The molecule has 0 unspecified atom stereocenters. The highest BCUT2D eigenvalue weighted by molar-refractivity contribution is 8.03. The number of amides is 1. The van der Waals surface area contributed by atoms with Crippen molar-refractivity contribution in [1.29, 1.82) is 5.26 Å². The van der Waals surface area contributed by atoms with Gasteiger partial charge in [-0.2, -0.15) is 22.1 Å². The first kappa shape index (κ1) is 22.6. The average molecular weight is 455 g/mol. The van der Waals surface area contributed by atoms with Gasteiger partial charge in [0, 0.05) is 17.5 Å². The van der Waals surface area contributed by atoms with Gasteiger partial charge in [-0.1, -0.05) is 24.3 Å². The summed E-state index contributed by atoms with van der Waals surface area (Å²) < 4.78 is 65.6. The molecule has 29 heavy (non-hydrogen) atoms. The van der Waals surface area contributed by atoms with E-state index in [0.29, 0.717) is 11.8 Å². The van der Waals surface area contributed by atoms with E-state index in [0.717, 1.165) is 12.1 Å². The molecule has 1 amide bonds. The standard InChI is InChI=1S/C17H14N2O7S3/c1-11(20)19-14-6-4-12(16(8-14)28(21,22)23)2-3-13-5-7-15(27-10-18)9-17(13)29(24,25)26/h2-9H,1H3,(H,19,20)(H,21,22,23)(H,24,25,26)/b3-2+. The number of thiocyanates is 1. The van der Waals surface area contributed by atoms with E-state index in [4.69, 9.17) is 5.26 Å². The SMILES string of the molecule is CC(=O)Nc1ccc(/C=C/c2ccc(SC#N)cc2S(=O)(=O)O)c(S(=O)(=O)O)c1. The number of thioether (sulfide) groups is 1. The minimum Gasteiger partial charge on any atom is -0.326 e. The van der Waals surface area contributed by atoms with Crippen molar-refractivity contribution >= 4 is 55.7 Å². The summed E-state index contributed by atoms with van der Waals surface area (Å²) >= 11 is 0.700. The Balaban J connectivity index is 2.57. The third-order valence-electron chi connectivity index (χ3n) is 3.48. The van der Waals surface area contributed by atoms with E-state index in [1.165, 1.54) is 43.3 Å². The van der Waals surface area contributed by atoms with Crippen LogP contribution in [-0.4, -0.2) is 31.8 Å². The number of carbonyl (C=O) groups is 1. The number of hydrogen-bond acceptors (Lipinski definition) is 7. The van der Waals surface area contributed by atoms with Crippen molar-refractivity contribution < 1.29 is 30.7 Å². The number of carbonyl (C=O) groups excluding carboxylic acids is 1. The maximum absolute atomic E-state index is 11.7. The van der Waals surface area contributed by atoms with Crippen LogP contribution in [0.25, 0.3) is 12.2 Å². The summed E-state index contributed by atoms with van der Waals surface area (Å²) in [6, 6.07) is 7.63. The lowest BCUT2D eigenvalue weighted by molar-refractivity contribution is -0.114. The molecule has 0 spiro atoms. The molecule has 12 heteroatoms. The van der Waals surface area contributed by atoms with Gasteiger partial charge in [0.25, 0.3) is 20.2 Å². The van der Waals surface area contributed by atoms with E-state index in [2.05, 4.69) is 5.32 Å². The van der Waals surface area contributed by atoms with Crippen LogP contribution < -0.4 is 5.32 Å². The lowest BCUT2D eigenvalue weighted by Crippen LogP contribution is -2.08. The van der Waals surface area contributed by atoms with E-state index in [1.807, 2.05) is 0 Å². The molecule has 2 aromatic rings. The van der Waals surface area contributed by atoms with Crippen LogP contribution in [-0.2, 0) is 25.0 Å². The van der Waals surface area contributed by atoms with Gasteiger partial charge < -0.3 is 5.32 Å². The summed E-state index contributed by atoms with van der Waals surface area (Å²) in [5.41, 5.74) is 0.180. The van der Waals surface area contributed by atoms with Crippen molar-refractivity contribution in [3.05, 3.63) is 47.5 Å². The van der Waals surface area contributed by atoms with E-state index in [9.17, 15) is 30.7 Å². The van der Waals surface area contributed by atoms with E-state index >= 15 is 0 Å². The molecule has 0 aliphatic heterocycles. The molecule has 3 N–H and O–H groups in total. The molecule has 0 saturated carbocycles. The molecule has 0 saturated heterocycles. The minimum absolute atomic E-state index is 0.0124. The third kappa shape index (κ3) is 6.14. The van der Waals surface area contributed by atoms with Gasteiger partial charge in [-0.3, -0.25) is 13.9 Å². The van der Waals surface area contributed by atoms with Crippen LogP contribution in [0.2, 0.25) is 0 Å². The highest BCUT2D eigenvalue weighted by Gasteiger charge is 2.17. The Bertz CT molecular complexity index is 1240. The predicted molar refractivity (Wildman–Crippen MR) is 107 cm³/mol. The first-order valence-electron chi connectivity index (χ1n) is 7.66. The Hall–Kier alpha value is -2.69. The summed E-state index contributed by atoms with van der Waals surface area (Å²) in [4.78, 5) is 10.4. The number of rotatable bonds is 6. The van der Waals surface area contributed by atoms with E-state index in [-0.39, 0.29) is 21.7 Å². The van der Waals surface area contributed by atoms with Crippen LogP contribution in [0.1, 0.15) is 18.1 Å². The van der Waals surface area contributed by atoms with Gasteiger partial charge in [-0.25, -0.2) is 0 Å². The van der Waals surface area contributed by atoms with Gasteiger partial charge in [0.15, 0.2) is 0 Å². The molecule has 0 aliphatic carbocycles. The highest BCUT2D eigenvalue weighted by Crippen LogP contribution is 2.27. The monoisotopic (exact) mass is 454 g/mol. The van der Waals surface area contributed by atoms with Crippen molar-refractivity contribution in [3.8, 4) is 5.40 Å². The molecule has 0 fully saturated rings. The van der Waals surface area contributed by atoms with Crippen LogP contribution in [0.5, 0.6) is 0 Å². The summed E-state index contributed by atoms with van der Waals surface area (Å²) in [5, 5.41) is 12.9. The number of nitrogens with one attached hydrogen (secondary N) is 1. The second-order valence-electron chi connectivity index (χ2n) is 5.61. The summed E-state index contributed by atoms with van der Waals surface area (Å²) in [6.45, 7) is 1.23. The topological polar surface area (TPSA) is 162 Å². The van der Waals surface area contributed by atoms with Crippen molar-refractivity contribution in [2.45, 2.75) is 21.6 Å². The molecule has 0 bridgehead atoms. The van der Waals surface area contributed by atoms with Gasteiger partial charge in [0.05, 0.1) is 0 Å². The molecule has 0 aromatic heterocycles. The summed E-state index contributed by atoms with van der Waals surface area (Å²) in [7, 11) is -9.28. The molecule has 2 aromatic carbocycles. The smallest absolute Gasteiger partial charge is 0.295 e. The van der Waals surface area contributed by atoms with Crippen LogP contribution in [0.4, 0.5) is 5.69 Å². The van der Waals surface area contributed by atoms with Crippen LogP contribution in [0.3, 0.4) is 0 Å². The van der Waals surface area contributed by atoms with Gasteiger partial charge in [0.2, 0.25) is 5.91 Å². The Kier molecular flexibility index (Phi) is 6.83. The first-order chi connectivity index (χ1) is 13.4. The van der Waals surface area contributed by atoms with Gasteiger partial charge in [-0.15, -0.1) is 0 Å². The average Bonchev–Trinajstić information content (AvgIpc) is 2.59. The minimum atomic E-state index is -4.66. The highest BCUT2D eigenvalue weighted by atomic mass is 32.2. The fourth-order valence-corrected chi connectivity index (χ4v) is 4.26. The Morgan fingerprint density at radius 3 is 2.00 bits per heavy atom. The molecular formula is C17H14N2O7S3. The second kappa shape index (κ2) is 8.76. The fourth-order valence-electron chi connectivity index (χ4n) is 2.35. The molecule has 0 atom stereocenters. The first-order valence-corrected chi connectivity index (χ1v) is 11.4. The van der Waals surface area contributed by atoms with E-state index in [1.54, 1.807) is 5.40 Å². The van der Waals surface area contributed by atoms with Crippen molar-refractivity contribution in [2.24, 2.45) is 0 Å². The van der Waals surface area contributed by atoms with Crippen LogP contribution >= 0.6 is 11.8 Å². The molecular weight excluding hydrogens is 440 g/mol. The molecule has 0 heterocycles. The Morgan fingerprint density at radius 2 is 1.52 bits per heavy atom. The maximum atomic E-state index is 11.7. The summed E-state index contributed by atoms with van der Waals surface area (Å²) in [5.74, 6) is -0.442. The lowest BCUT2D eigenvalue weighted by atomic mass is 10.1. The third-order valence-corrected chi connectivity index (χ3v) is 5.88. The number of hydrogen-bond donors (Lipinski definition) is 3. The number of benzene rings is 2. The quantitative estimate of drug-likeness (QED) is 0.258. The normalized spacial score (nSPS) is 11.9. The van der Waals surface area contributed by atoms with Gasteiger partial charge in [0.1, 0.15) is 15.2 Å². The van der Waals surface area contributed by atoms with Gasteiger partial charge in [-0.05, 0) is 47.2 Å². The zero-order valence-electron chi connectivity index (χ0n) is 14.7. The molecule has 9 nitrogen and oxygen atoms in total. The van der Waals surface area contributed by atoms with Crippen molar-refractivity contribution in [1.82, 2.24) is 0 Å². The molecule has 152 valence electrons. The predicted octanol–water partition coefficient (Wildman–Crippen LogP) is 2.88.